The number of hydrogen-bond acceptors (Lipinski definition) is 2. The van der Waals surface area contributed by atoms with E-state index in [0.717, 1.165) is 5.56 Å². The van der Waals surface area contributed by atoms with Crippen molar-refractivity contribution in [1.82, 2.24) is 0 Å². The first-order valence-electron chi connectivity index (χ1n) is 6.50. The van der Waals surface area contributed by atoms with E-state index in [-0.39, 0.29) is 11.9 Å². The van der Waals surface area contributed by atoms with Gasteiger partial charge in [0.2, 0.25) is 0 Å². The van der Waals surface area contributed by atoms with Crippen LogP contribution >= 0.6 is 0 Å². The number of ketones is 1. The highest BCUT2D eigenvalue weighted by Crippen LogP contribution is 2.35. The number of para-hydroxylation sites is 1. The lowest BCUT2D eigenvalue weighted by Gasteiger charge is -2.26. The van der Waals surface area contributed by atoms with Crippen molar-refractivity contribution in [3.05, 3.63) is 64.7 Å². The molecule has 3 rings (SSSR count). The summed E-state index contributed by atoms with van der Waals surface area (Å²) in [6.45, 7) is 4.13. The minimum absolute atomic E-state index is 0.158. The fourth-order valence-corrected chi connectivity index (χ4v) is 2.65. The Labute approximate surface area is 113 Å². The molecule has 2 nitrogen and oxygen atoms in total. The van der Waals surface area contributed by atoms with Gasteiger partial charge in [-0.2, -0.15) is 0 Å². The average Bonchev–Trinajstić information content (AvgIpc) is 2.37. The number of Topliss-reactive ketones (excluding diaryl/α,β-unsaturated/α-hetero) is 1. The predicted molar refractivity (Wildman–Crippen MR) is 74.7 cm³/mol. The van der Waals surface area contributed by atoms with Crippen molar-refractivity contribution in [1.29, 1.82) is 0 Å². The van der Waals surface area contributed by atoms with Gasteiger partial charge in [-0.25, -0.2) is 0 Å². The lowest BCUT2D eigenvalue weighted by atomic mass is 9.94. The van der Waals surface area contributed by atoms with Crippen LogP contribution in [0.25, 0.3) is 0 Å². The third kappa shape index (κ3) is 2.26. The average molecular weight is 252 g/mol. The van der Waals surface area contributed by atoms with Gasteiger partial charge >= 0.3 is 0 Å². The van der Waals surface area contributed by atoms with Crippen LogP contribution in [-0.4, -0.2) is 5.78 Å². The van der Waals surface area contributed by atoms with E-state index < -0.39 is 0 Å². The zero-order chi connectivity index (χ0) is 13.4. The highest BCUT2D eigenvalue weighted by atomic mass is 16.5. The van der Waals surface area contributed by atoms with Gasteiger partial charge in [-0.1, -0.05) is 41.5 Å². The van der Waals surface area contributed by atoms with Crippen molar-refractivity contribution in [2.24, 2.45) is 0 Å². The summed E-state index contributed by atoms with van der Waals surface area (Å²) in [5, 5.41) is 0. The molecule has 0 aromatic heterocycles. The Morgan fingerprint density at radius 2 is 1.74 bits per heavy atom. The number of carbonyl (C=O) groups excluding carboxylic acids is 1. The first-order chi connectivity index (χ1) is 9.13. The van der Waals surface area contributed by atoms with Gasteiger partial charge in [-0.15, -0.1) is 0 Å². The summed E-state index contributed by atoms with van der Waals surface area (Å²) in [7, 11) is 0. The van der Waals surface area contributed by atoms with Gasteiger partial charge in [-0.05, 0) is 31.5 Å². The molecule has 0 bridgehead atoms. The number of hydrogen-bond donors (Lipinski definition) is 0. The first-order valence-corrected chi connectivity index (χ1v) is 6.50. The van der Waals surface area contributed by atoms with Crippen LogP contribution in [0, 0.1) is 13.8 Å². The summed E-state index contributed by atoms with van der Waals surface area (Å²) in [4.78, 5) is 12.2. The molecule has 0 aliphatic carbocycles. The molecule has 0 fully saturated rings. The van der Waals surface area contributed by atoms with E-state index in [1.807, 2.05) is 24.3 Å². The summed E-state index contributed by atoms with van der Waals surface area (Å²) >= 11 is 0. The van der Waals surface area contributed by atoms with Gasteiger partial charge in [0.05, 0.1) is 12.0 Å². The summed E-state index contributed by atoms with van der Waals surface area (Å²) in [5.74, 6) is 0.855. The summed E-state index contributed by atoms with van der Waals surface area (Å²) < 4.78 is 5.98. The van der Waals surface area contributed by atoms with Gasteiger partial charge in [0.25, 0.3) is 0 Å². The Bertz CT molecular complexity index is 623. The van der Waals surface area contributed by atoms with Crippen molar-refractivity contribution in [2.75, 3.05) is 0 Å². The minimum Gasteiger partial charge on any atom is -0.484 e. The second kappa shape index (κ2) is 4.54. The molecule has 96 valence electrons. The molecule has 1 heterocycles. The van der Waals surface area contributed by atoms with E-state index in [4.69, 9.17) is 4.74 Å². The normalized spacial score (nSPS) is 17.8. The first kappa shape index (κ1) is 12.0. The maximum atomic E-state index is 12.2. The number of benzene rings is 2. The summed E-state index contributed by atoms with van der Waals surface area (Å²) in [6.07, 6.45) is 0.251. The summed E-state index contributed by atoms with van der Waals surface area (Å²) in [6, 6.07) is 13.8. The van der Waals surface area contributed by atoms with Crippen molar-refractivity contribution in [3.63, 3.8) is 0 Å². The quantitative estimate of drug-likeness (QED) is 0.766. The van der Waals surface area contributed by atoms with E-state index in [2.05, 4.69) is 32.0 Å². The van der Waals surface area contributed by atoms with Crippen LogP contribution < -0.4 is 4.74 Å². The maximum absolute atomic E-state index is 12.2. The van der Waals surface area contributed by atoms with Crippen molar-refractivity contribution in [3.8, 4) is 5.75 Å². The largest absolute Gasteiger partial charge is 0.484 e. The Hall–Kier alpha value is -2.09. The second-order valence-electron chi connectivity index (χ2n) is 5.15. The molecule has 1 atom stereocenters. The molecule has 0 spiro atoms. The van der Waals surface area contributed by atoms with E-state index >= 15 is 0 Å². The lowest BCUT2D eigenvalue weighted by molar-refractivity contribution is 0.0850. The molecule has 1 aliphatic rings. The van der Waals surface area contributed by atoms with Crippen molar-refractivity contribution in [2.45, 2.75) is 26.4 Å². The number of carbonyl (C=O) groups is 1. The van der Waals surface area contributed by atoms with Crippen LogP contribution in [0.4, 0.5) is 0 Å². The zero-order valence-electron chi connectivity index (χ0n) is 11.1. The van der Waals surface area contributed by atoms with Gasteiger partial charge in [0.15, 0.2) is 5.78 Å². The zero-order valence-corrected chi connectivity index (χ0v) is 11.1. The van der Waals surface area contributed by atoms with Crippen molar-refractivity contribution >= 4 is 5.78 Å². The van der Waals surface area contributed by atoms with Gasteiger partial charge in [0, 0.05) is 0 Å². The Morgan fingerprint density at radius 1 is 1.05 bits per heavy atom. The minimum atomic E-state index is -0.166. The Kier molecular flexibility index (Phi) is 2.86. The molecule has 1 aliphatic heterocycles. The molecule has 0 N–H and O–H groups in total. The standard InChI is InChI=1S/C17H16O2/c1-11-7-12(2)9-13(8-11)17-10-15(18)14-5-3-4-6-16(14)19-17/h3-9,17H,10H2,1-2H3. The lowest BCUT2D eigenvalue weighted by Crippen LogP contribution is -2.20. The van der Waals surface area contributed by atoms with Crippen LogP contribution in [0.1, 0.15) is 39.6 Å². The van der Waals surface area contributed by atoms with E-state index in [1.165, 1.54) is 11.1 Å². The smallest absolute Gasteiger partial charge is 0.170 e. The molecule has 0 saturated heterocycles. The van der Waals surface area contributed by atoms with Gasteiger partial charge in [-0.3, -0.25) is 4.79 Å². The van der Waals surface area contributed by atoms with Crippen LogP contribution in [0.15, 0.2) is 42.5 Å². The van der Waals surface area contributed by atoms with Crippen LogP contribution in [-0.2, 0) is 0 Å². The molecule has 0 radical (unpaired) electrons. The van der Waals surface area contributed by atoms with Gasteiger partial charge < -0.3 is 4.74 Å². The molecule has 1 unspecified atom stereocenters. The van der Waals surface area contributed by atoms with Crippen LogP contribution in [0.3, 0.4) is 0 Å². The van der Waals surface area contributed by atoms with Crippen LogP contribution in [0.5, 0.6) is 5.75 Å². The molecule has 19 heavy (non-hydrogen) atoms. The molecular weight excluding hydrogens is 236 g/mol. The fourth-order valence-electron chi connectivity index (χ4n) is 2.65. The number of fused-ring (bicyclic) bond motifs is 1. The molecular formula is C17H16O2. The molecule has 2 aromatic rings. The number of ether oxygens (including phenoxy) is 1. The van der Waals surface area contributed by atoms with Gasteiger partial charge in [0.1, 0.15) is 11.9 Å². The van der Waals surface area contributed by atoms with E-state index in [9.17, 15) is 4.79 Å². The van der Waals surface area contributed by atoms with E-state index in [1.54, 1.807) is 0 Å². The SMILES string of the molecule is Cc1cc(C)cc(C2CC(=O)c3ccccc3O2)c1. The molecule has 0 amide bonds. The van der Waals surface area contributed by atoms with Crippen LogP contribution in [0.2, 0.25) is 0 Å². The van der Waals surface area contributed by atoms with E-state index in [0.29, 0.717) is 17.7 Å². The molecule has 2 heteroatoms. The van der Waals surface area contributed by atoms with Crippen molar-refractivity contribution < 1.29 is 9.53 Å². The fraction of sp³-hybridized carbons (Fsp3) is 0.235. The predicted octanol–water partition coefficient (Wildman–Crippen LogP) is 4.01. The highest BCUT2D eigenvalue weighted by Gasteiger charge is 2.27. The maximum Gasteiger partial charge on any atom is 0.170 e. The highest BCUT2D eigenvalue weighted by molar-refractivity contribution is 5.99. The second-order valence-corrected chi connectivity index (χ2v) is 5.15. The third-order valence-corrected chi connectivity index (χ3v) is 3.44. The Balaban J connectivity index is 1.99. The molecule has 0 saturated carbocycles. The summed E-state index contributed by atoms with van der Waals surface area (Å²) in [5.41, 5.74) is 4.18. The topological polar surface area (TPSA) is 26.3 Å². The number of rotatable bonds is 1. The number of aryl methyl sites for hydroxylation is 2. The third-order valence-electron chi connectivity index (χ3n) is 3.44. The Morgan fingerprint density at radius 3 is 2.47 bits per heavy atom. The monoisotopic (exact) mass is 252 g/mol. The molecule has 2 aromatic carbocycles.